The second-order valence-electron chi connectivity index (χ2n) is 4.90. The molecule has 1 aliphatic rings. The van der Waals surface area contributed by atoms with Crippen LogP contribution in [0, 0.1) is 6.92 Å². The average Bonchev–Trinajstić information content (AvgIpc) is 2.69. The topological polar surface area (TPSA) is 72.2 Å². The summed E-state index contributed by atoms with van der Waals surface area (Å²) in [5.41, 5.74) is 0.219. The van der Waals surface area contributed by atoms with Crippen LogP contribution in [-0.4, -0.2) is 40.4 Å². The van der Waals surface area contributed by atoms with E-state index in [0.717, 1.165) is 5.69 Å². The van der Waals surface area contributed by atoms with Crippen LogP contribution in [0.5, 0.6) is 0 Å². The minimum absolute atomic E-state index is 0.0420. The van der Waals surface area contributed by atoms with Crippen molar-refractivity contribution >= 4 is 21.4 Å². The van der Waals surface area contributed by atoms with E-state index in [9.17, 15) is 13.5 Å². The van der Waals surface area contributed by atoms with Crippen LogP contribution in [0.25, 0.3) is 0 Å². The number of aryl methyl sites for hydroxylation is 2. The molecule has 1 unspecified atom stereocenters. The average molecular weight is 293 g/mol. The maximum Gasteiger partial charge on any atom is 0.153 e. The van der Waals surface area contributed by atoms with Crippen LogP contribution < -0.4 is 0 Å². The van der Waals surface area contributed by atoms with Crippen molar-refractivity contribution in [1.29, 1.82) is 0 Å². The van der Waals surface area contributed by atoms with Crippen LogP contribution in [0.1, 0.15) is 24.7 Å². The highest BCUT2D eigenvalue weighted by Gasteiger charge is 2.41. The summed E-state index contributed by atoms with van der Waals surface area (Å²) in [4.78, 5) is 0. The van der Waals surface area contributed by atoms with Crippen molar-refractivity contribution < 1.29 is 13.5 Å². The van der Waals surface area contributed by atoms with Gasteiger partial charge in [0.15, 0.2) is 9.84 Å². The zero-order chi connectivity index (χ0) is 13.6. The molecule has 1 fully saturated rings. The third-order valence-electron chi connectivity index (χ3n) is 3.32. The zero-order valence-corrected chi connectivity index (χ0v) is 12.1. The molecule has 1 N–H and O–H groups in total. The molecular weight excluding hydrogens is 276 g/mol. The van der Waals surface area contributed by atoms with Crippen LogP contribution in [0.3, 0.4) is 0 Å². The molecule has 18 heavy (non-hydrogen) atoms. The fourth-order valence-corrected chi connectivity index (χ4v) is 4.49. The van der Waals surface area contributed by atoms with Gasteiger partial charge in [0.1, 0.15) is 0 Å². The fourth-order valence-electron chi connectivity index (χ4n) is 2.39. The minimum Gasteiger partial charge on any atom is -0.388 e. The van der Waals surface area contributed by atoms with Crippen molar-refractivity contribution in [1.82, 2.24) is 9.78 Å². The molecule has 1 aliphatic heterocycles. The molecule has 5 nitrogen and oxygen atoms in total. The number of sulfone groups is 1. The Morgan fingerprint density at radius 3 is 2.72 bits per heavy atom. The Kier molecular flexibility index (Phi) is 3.46. The smallest absolute Gasteiger partial charge is 0.153 e. The van der Waals surface area contributed by atoms with Gasteiger partial charge in [-0.3, -0.25) is 4.68 Å². The van der Waals surface area contributed by atoms with E-state index in [1.807, 2.05) is 6.92 Å². The van der Waals surface area contributed by atoms with Crippen LogP contribution in [0.15, 0.2) is 0 Å². The number of hydrogen-bond donors (Lipinski definition) is 1. The Bertz CT molecular complexity index is 567. The first kappa shape index (κ1) is 13.8. The fraction of sp³-hybridized carbons (Fsp3) is 0.727. The van der Waals surface area contributed by atoms with Crippen LogP contribution in [0.2, 0.25) is 5.02 Å². The predicted molar refractivity (Wildman–Crippen MR) is 69.6 cm³/mol. The molecule has 2 rings (SSSR count). The maximum absolute atomic E-state index is 11.5. The lowest BCUT2D eigenvalue weighted by Gasteiger charge is -2.21. The molecule has 2 heterocycles. The summed E-state index contributed by atoms with van der Waals surface area (Å²) in [6.07, 6.45) is 0.499. The van der Waals surface area contributed by atoms with E-state index in [2.05, 4.69) is 5.10 Å². The molecule has 0 bridgehead atoms. The van der Waals surface area contributed by atoms with Gasteiger partial charge in [0.05, 0.1) is 33.5 Å². The lowest BCUT2D eigenvalue weighted by molar-refractivity contribution is 0.0660. The van der Waals surface area contributed by atoms with E-state index in [1.165, 1.54) is 0 Å². The van der Waals surface area contributed by atoms with E-state index >= 15 is 0 Å². The van der Waals surface area contributed by atoms with Crippen molar-refractivity contribution in [3.05, 3.63) is 16.4 Å². The first-order valence-corrected chi connectivity index (χ1v) is 8.11. The minimum atomic E-state index is -3.12. The van der Waals surface area contributed by atoms with Gasteiger partial charge in [0.2, 0.25) is 0 Å². The van der Waals surface area contributed by atoms with Crippen molar-refractivity contribution in [2.75, 3.05) is 11.5 Å². The monoisotopic (exact) mass is 292 g/mol. The molecule has 102 valence electrons. The standard InChI is InChI=1S/C11H17ClN2O3S/c1-3-14-9(10(12)8(2)13-14)6-11(15)4-5-18(16,17)7-11/h15H,3-7H2,1-2H3. The van der Waals surface area contributed by atoms with Gasteiger partial charge in [0.25, 0.3) is 0 Å². The molecule has 1 aromatic rings. The number of aliphatic hydroxyl groups is 1. The highest BCUT2D eigenvalue weighted by atomic mass is 35.5. The molecule has 7 heteroatoms. The molecule has 1 atom stereocenters. The number of hydrogen-bond acceptors (Lipinski definition) is 4. The van der Waals surface area contributed by atoms with Gasteiger partial charge in [-0.1, -0.05) is 11.6 Å². The summed E-state index contributed by atoms with van der Waals surface area (Å²) >= 11 is 6.16. The first-order chi connectivity index (χ1) is 8.26. The number of nitrogens with zero attached hydrogens (tertiary/aromatic N) is 2. The van der Waals surface area contributed by atoms with Gasteiger partial charge in [-0.25, -0.2) is 8.42 Å². The van der Waals surface area contributed by atoms with Crippen molar-refractivity contribution in [3.63, 3.8) is 0 Å². The molecule has 0 spiro atoms. The lowest BCUT2D eigenvalue weighted by atomic mass is 9.97. The molecule has 1 aromatic heterocycles. The molecule has 0 amide bonds. The van der Waals surface area contributed by atoms with E-state index in [4.69, 9.17) is 11.6 Å². The Morgan fingerprint density at radius 2 is 2.22 bits per heavy atom. The summed E-state index contributed by atoms with van der Waals surface area (Å²) in [5, 5.41) is 15.1. The normalized spacial score (nSPS) is 26.7. The summed E-state index contributed by atoms with van der Waals surface area (Å²) < 4.78 is 24.7. The van der Waals surface area contributed by atoms with Gasteiger partial charge >= 0.3 is 0 Å². The van der Waals surface area contributed by atoms with Crippen molar-refractivity contribution in [2.45, 2.75) is 38.8 Å². The highest BCUT2D eigenvalue weighted by Crippen LogP contribution is 2.31. The largest absolute Gasteiger partial charge is 0.388 e. The van der Waals surface area contributed by atoms with Crippen molar-refractivity contribution in [3.8, 4) is 0 Å². The van der Waals surface area contributed by atoms with Crippen LogP contribution in [-0.2, 0) is 22.8 Å². The summed E-state index contributed by atoms with van der Waals surface area (Å²) in [6.45, 7) is 4.38. The second kappa shape index (κ2) is 4.51. The van der Waals surface area contributed by atoms with Crippen molar-refractivity contribution in [2.24, 2.45) is 0 Å². The van der Waals surface area contributed by atoms with Gasteiger partial charge < -0.3 is 5.11 Å². The Labute approximate surface area is 112 Å². The first-order valence-electron chi connectivity index (χ1n) is 5.91. The summed E-state index contributed by atoms with van der Waals surface area (Å²) in [6, 6.07) is 0. The third-order valence-corrected chi connectivity index (χ3v) is 5.61. The van der Waals surface area contributed by atoms with Crippen LogP contribution in [0.4, 0.5) is 0 Å². The molecule has 0 saturated carbocycles. The summed E-state index contributed by atoms with van der Waals surface area (Å²) in [7, 11) is -3.12. The third kappa shape index (κ3) is 2.55. The second-order valence-corrected chi connectivity index (χ2v) is 7.47. The van der Waals surface area contributed by atoms with Gasteiger partial charge in [-0.05, 0) is 20.3 Å². The lowest BCUT2D eigenvalue weighted by Crippen LogP contribution is -2.33. The number of aromatic nitrogens is 2. The molecule has 0 aromatic carbocycles. The Hall–Kier alpha value is -0.590. The Balaban J connectivity index is 2.30. The number of rotatable bonds is 3. The quantitative estimate of drug-likeness (QED) is 0.900. The van der Waals surface area contributed by atoms with Gasteiger partial charge in [-0.2, -0.15) is 5.10 Å². The van der Waals surface area contributed by atoms with E-state index < -0.39 is 15.4 Å². The van der Waals surface area contributed by atoms with Crippen LogP contribution >= 0.6 is 11.6 Å². The SMILES string of the molecule is CCn1nc(C)c(Cl)c1CC1(O)CCS(=O)(=O)C1. The Morgan fingerprint density at radius 1 is 1.56 bits per heavy atom. The van der Waals surface area contributed by atoms with E-state index in [-0.39, 0.29) is 24.3 Å². The van der Waals surface area contributed by atoms with Gasteiger partial charge in [0, 0.05) is 13.0 Å². The molecule has 1 saturated heterocycles. The van der Waals surface area contributed by atoms with E-state index in [0.29, 0.717) is 17.3 Å². The zero-order valence-electron chi connectivity index (χ0n) is 10.5. The maximum atomic E-state index is 11.5. The predicted octanol–water partition coefficient (Wildman–Crippen LogP) is 0.957. The van der Waals surface area contributed by atoms with Gasteiger partial charge in [-0.15, -0.1) is 0 Å². The molecule has 0 radical (unpaired) electrons. The highest BCUT2D eigenvalue weighted by molar-refractivity contribution is 7.91. The molecule has 0 aliphatic carbocycles. The molecular formula is C11H17ClN2O3S. The van der Waals surface area contributed by atoms with E-state index in [1.54, 1.807) is 11.6 Å². The summed E-state index contributed by atoms with van der Waals surface area (Å²) in [5.74, 6) is -0.148. The number of halogens is 1.